The Morgan fingerprint density at radius 2 is 1.96 bits per heavy atom. The van der Waals surface area contributed by atoms with Gasteiger partial charge < -0.3 is 14.8 Å². The lowest BCUT2D eigenvalue weighted by Gasteiger charge is -2.21. The molecule has 0 radical (unpaired) electrons. The second-order valence-electron chi connectivity index (χ2n) is 5.95. The summed E-state index contributed by atoms with van der Waals surface area (Å²) >= 11 is 6.07. The van der Waals surface area contributed by atoms with Gasteiger partial charge in [0.1, 0.15) is 19.0 Å². The van der Waals surface area contributed by atoms with Crippen LogP contribution in [0.15, 0.2) is 36.4 Å². The average Bonchev–Trinajstić information content (AvgIpc) is 2.63. The first kappa shape index (κ1) is 18.5. The van der Waals surface area contributed by atoms with Crippen LogP contribution in [0.2, 0.25) is 5.02 Å². The number of carbonyl (C=O) groups excluding carboxylic acids is 1. The molecule has 7 heteroatoms. The number of hydrogen-bond donors (Lipinski definition) is 1. The fourth-order valence-electron chi connectivity index (χ4n) is 2.70. The minimum Gasteiger partial charge on any atom is -0.486 e. The molecule has 2 aromatic carbocycles. The Labute approximate surface area is 156 Å². The zero-order valence-electron chi connectivity index (χ0n) is 14.4. The molecule has 1 aliphatic rings. The van der Waals surface area contributed by atoms with Crippen molar-refractivity contribution in [2.45, 2.75) is 13.5 Å². The molecule has 1 amide bonds. The van der Waals surface area contributed by atoms with E-state index in [1.807, 2.05) is 11.8 Å². The van der Waals surface area contributed by atoms with E-state index in [0.717, 1.165) is 5.56 Å². The lowest BCUT2D eigenvalue weighted by atomic mass is 10.2. The summed E-state index contributed by atoms with van der Waals surface area (Å²) in [6.07, 6.45) is 0. The number of likely N-dealkylation sites (N-methyl/N-ethyl adjacent to an activating group) is 1. The van der Waals surface area contributed by atoms with Crippen molar-refractivity contribution >= 4 is 23.2 Å². The van der Waals surface area contributed by atoms with Crippen LogP contribution in [0.1, 0.15) is 12.5 Å². The van der Waals surface area contributed by atoms with E-state index in [0.29, 0.717) is 48.5 Å². The van der Waals surface area contributed by atoms with E-state index < -0.39 is 0 Å². The molecule has 0 atom stereocenters. The highest BCUT2D eigenvalue weighted by Gasteiger charge is 2.15. The van der Waals surface area contributed by atoms with Gasteiger partial charge in [0.15, 0.2) is 11.5 Å². The molecule has 0 fully saturated rings. The highest BCUT2D eigenvalue weighted by atomic mass is 35.5. The summed E-state index contributed by atoms with van der Waals surface area (Å²) in [5.41, 5.74) is 1.43. The predicted molar refractivity (Wildman–Crippen MR) is 98.4 cm³/mol. The summed E-state index contributed by atoms with van der Waals surface area (Å²) in [5.74, 6) is 0.773. The molecule has 0 spiro atoms. The molecule has 2 aromatic rings. The molecule has 26 heavy (non-hydrogen) atoms. The largest absolute Gasteiger partial charge is 0.486 e. The Balaban J connectivity index is 1.60. The van der Waals surface area contributed by atoms with Crippen molar-refractivity contribution in [1.29, 1.82) is 0 Å². The normalized spacial score (nSPS) is 12.9. The number of nitrogens with one attached hydrogen (secondary N) is 1. The van der Waals surface area contributed by atoms with Crippen molar-refractivity contribution in [3.63, 3.8) is 0 Å². The Bertz CT molecular complexity index is 800. The predicted octanol–water partition coefficient (Wildman–Crippen LogP) is 3.71. The van der Waals surface area contributed by atoms with Crippen LogP contribution in [-0.2, 0) is 11.3 Å². The quantitative estimate of drug-likeness (QED) is 0.832. The summed E-state index contributed by atoms with van der Waals surface area (Å²) in [7, 11) is 0. The Hall–Kier alpha value is -2.31. The van der Waals surface area contributed by atoms with E-state index in [2.05, 4.69) is 5.32 Å². The number of hydrogen-bond acceptors (Lipinski definition) is 4. The summed E-state index contributed by atoms with van der Waals surface area (Å²) in [6, 6.07) is 9.58. The first-order valence-corrected chi connectivity index (χ1v) is 8.78. The number of benzene rings is 2. The topological polar surface area (TPSA) is 50.8 Å². The Kier molecular flexibility index (Phi) is 5.96. The van der Waals surface area contributed by atoms with E-state index in [4.69, 9.17) is 21.1 Å². The highest BCUT2D eigenvalue weighted by Crippen LogP contribution is 2.32. The number of amides is 1. The first-order chi connectivity index (χ1) is 12.5. The maximum Gasteiger partial charge on any atom is 0.238 e. The Morgan fingerprint density at radius 3 is 2.69 bits per heavy atom. The van der Waals surface area contributed by atoms with E-state index in [9.17, 15) is 9.18 Å². The van der Waals surface area contributed by atoms with Gasteiger partial charge in [0.25, 0.3) is 0 Å². The standard InChI is InChI=1S/C19H20ClFN2O3/c1-2-23(11-13-3-4-14(21)9-16(13)20)12-19(24)22-15-5-6-17-18(10-15)26-8-7-25-17/h3-6,9-10H,2,7-8,11-12H2,1H3,(H,22,24). The average molecular weight is 379 g/mol. The molecule has 0 unspecified atom stereocenters. The molecule has 0 aliphatic carbocycles. The third-order valence-electron chi connectivity index (χ3n) is 4.05. The Morgan fingerprint density at radius 1 is 1.19 bits per heavy atom. The maximum atomic E-state index is 13.2. The van der Waals surface area contributed by atoms with Crippen molar-refractivity contribution in [3.05, 3.63) is 52.8 Å². The minimum atomic E-state index is -0.377. The number of anilines is 1. The smallest absolute Gasteiger partial charge is 0.238 e. The number of nitrogens with zero attached hydrogens (tertiary/aromatic N) is 1. The van der Waals surface area contributed by atoms with Crippen LogP contribution in [0.25, 0.3) is 0 Å². The first-order valence-electron chi connectivity index (χ1n) is 8.41. The molecule has 3 rings (SSSR count). The molecule has 1 heterocycles. The monoisotopic (exact) mass is 378 g/mol. The zero-order chi connectivity index (χ0) is 18.5. The second-order valence-corrected chi connectivity index (χ2v) is 6.35. The number of rotatable bonds is 6. The zero-order valence-corrected chi connectivity index (χ0v) is 15.2. The van der Waals surface area contributed by atoms with Crippen LogP contribution in [0.3, 0.4) is 0 Å². The number of carbonyl (C=O) groups is 1. The van der Waals surface area contributed by atoms with Crippen LogP contribution in [0.4, 0.5) is 10.1 Å². The third kappa shape index (κ3) is 4.65. The van der Waals surface area contributed by atoms with E-state index >= 15 is 0 Å². The lowest BCUT2D eigenvalue weighted by Crippen LogP contribution is -2.32. The van der Waals surface area contributed by atoms with Crippen LogP contribution < -0.4 is 14.8 Å². The van der Waals surface area contributed by atoms with Crippen LogP contribution in [0.5, 0.6) is 11.5 Å². The van der Waals surface area contributed by atoms with E-state index in [1.54, 1.807) is 24.3 Å². The molecule has 138 valence electrons. The van der Waals surface area contributed by atoms with Gasteiger partial charge in [0, 0.05) is 23.3 Å². The van der Waals surface area contributed by atoms with Crippen LogP contribution >= 0.6 is 11.6 Å². The molecular formula is C19H20ClFN2O3. The van der Waals surface area contributed by atoms with Crippen molar-refractivity contribution in [2.24, 2.45) is 0 Å². The minimum absolute atomic E-state index is 0.151. The third-order valence-corrected chi connectivity index (χ3v) is 4.40. The summed E-state index contributed by atoms with van der Waals surface area (Å²) in [6.45, 7) is 4.28. The molecule has 0 aromatic heterocycles. The van der Waals surface area contributed by atoms with Gasteiger partial charge in [-0.3, -0.25) is 9.69 Å². The fourth-order valence-corrected chi connectivity index (χ4v) is 2.92. The van der Waals surface area contributed by atoms with E-state index in [1.165, 1.54) is 12.1 Å². The maximum absolute atomic E-state index is 13.2. The number of fused-ring (bicyclic) bond motifs is 1. The lowest BCUT2D eigenvalue weighted by molar-refractivity contribution is -0.117. The molecule has 1 aliphatic heterocycles. The van der Waals surface area contributed by atoms with Gasteiger partial charge in [-0.2, -0.15) is 0 Å². The molecule has 0 bridgehead atoms. The van der Waals surface area contributed by atoms with E-state index in [-0.39, 0.29) is 18.3 Å². The van der Waals surface area contributed by atoms with Gasteiger partial charge in [-0.05, 0) is 36.4 Å². The van der Waals surface area contributed by atoms with Crippen molar-refractivity contribution in [1.82, 2.24) is 4.90 Å². The van der Waals surface area contributed by atoms with Gasteiger partial charge in [-0.25, -0.2) is 4.39 Å². The van der Waals surface area contributed by atoms with Crippen molar-refractivity contribution in [3.8, 4) is 11.5 Å². The highest BCUT2D eigenvalue weighted by molar-refractivity contribution is 6.31. The molecular weight excluding hydrogens is 359 g/mol. The van der Waals surface area contributed by atoms with Crippen LogP contribution in [-0.4, -0.2) is 37.1 Å². The molecule has 5 nitrogen and oxygen atoms in total. The number of ether oxygens (including phenoxy) is 2. The van der Waals surface area contributed by atoms with Gasteiger partial charge in [0.2, 0.25) is 5.91 Å². The van der Waals surface area contributed by atoms with Gasteiger partial charge in [0.05, 0.1) is 6.54 Å². The molecule has 0 saturated heterocycles. The van der Waals surface area contributed by atoms with Crippen LogP contribution in [0, 0.1) is 5.82 Å². The molecule has 0 saturated carbocycles. The number of halogens is 2. The van der Waals surface area contributed by atoms with Gasteiger partial charge in [-0.1, -0.05) is 24.6 Å². The summed E-state index contributed by atoms with van der Waals surface area (Å²) in [5, 5.41) is 3.21. The SMILES string of the molecule is CCN(CC(=O)Nc1ccc2c(c1)OCCO2)Cc1ccc(F)cc1Cl. The molecule has 1 N–H and O–H groups in total. The van der Waals surface area contributed by atoms with Crippen molar-refractivity contribution in [2.75, 3.05) is 31.6 Å². The second kappa shape index (κ2) is 8.38. The fraction of sp³-hybridized carbons (Fsp3) is 0.316. The van der Waals surface area contributed by atoms with Crippen molar-refractivity contribution < 1.29 is 18.7 Å². The summed E-state index contributed by atoms with van der Waals surface area (Å²) < 4.78 is 24.1. The van der Waals surface area contributed by atoms with Gasteiger partial charge >= 0.3 is 0 Å². The van der Waals surface area contributed by atoms with Gasteiger partial charge in [-0.15, -0.1) is 0 Å². The summed E-state index contributed by atoms with van der Waals surface area (Å²) in [4.78, 5) is 14.3.